The van der Waals surface area contributed by atoms with Crippen molar-refractivity contribution in [2.45, 2.75) is 26.3 Å². The zero-order valence-electron chi connectivity index (χ0n) is 8.23. The summed E-state index contributed by atoms with van der Waals surface area (Å²) in [6.07, 6.45) is 4.17. The van der Waals surface area contributed by atoms with Crippen molar-refractivity contribution in [1.29, 1.82) is 0 Å². The number of hydrogen-bond donors (Lipinski definition) is 2. The molecule has 0 aliphatic heterocycles. The molecule has 0 aromatic carbocycles. The molecule has 0 spiro atoms. The van der Waals surface area contributed by atoms with Crippen LogP contribution >= 0.6 is 0 Å². The molecule has 0 aliphatic rings. The van der Waals surface area contributed by atoms with Crippen molar-refractivity contribution in [1.82, 2.24) is 15.1 Å². The molecule has 0 bridgehead atoms. The zero-order valence-corrected chi connectivity index (χ0v) is 8.23. The lowest BCUT2D eigenvalue weighted by molar-refractivity contribution is -0.121. The molecule has 0 aliphatic carbocycles. The lowest BCUT2D eigenvalue weighted by atomic mass is 10.4. The number of amides is 1. The topological polar surface area (TPSA) is 67.2 Å². The van der Waals surface area contributed by atoms with E-state index in [0.29, 0.717) is 19.5 Å². The van der Waals surface area contributed by atoms with Gasteiger partial charge in [-0.25, -0.2) is 0 Å². The highest BCUT2D eigenvalue weighted by atomic mass is 16.3. The second-order valence-corrected chi connectivity index (χ2v) is 3.06. The smallest absolute Gasteiger partial charge is 0.221 e. The van der Waals surface area contributed by atoms with Gasteiger partial charge in [0, 0.05) is 19.5 Å². The molecular weight excluding hydrogens is 182 g/mol. The summed E-state index contributed by atoms with van der Waals surface area (Å²) in [5.74, 6) is 0.140. The Bertz CT molecular complexity index is 296. The standard InChI is InChI=1S/C9H15N3O2/c1-2-4-10-9(14)3-5-12-7-8(13)6-11-12/h6-7,13H,2-5H2,1H3,(H,10,14). The Hall–Kier alpha value is -1.52. The number of rotatable bonds is 5. The molecule has 2 N–H and O–H groups in total. The average Bonchev–Trinajstić information content (AvgIpc) is 2.58. The van der Waals surface area contributed by atoms with E-state index in [9.17, 15) is 4.79 Å². The molecule has 0 atom stereocenters. The zero-order chi connectivity index (χ0) is 10.4. The maximum atomic E-state index is 11.2. The highest BCUT2D eigenvalue weighted by molar-refractivity contribution is 5.75. The van der Waals surface area contributed by atoms with Gasteiger partial charge in [0.05, 0.1) is 12.4 Å². The van der Waals surface area contributed by atoms with E-state index in [2.05, 4.69) is 10.4 Å². The quantitative estimate of drug-likeness (QED) is 0.722. The number of aryl methyl sites for hydroxylation is 1. The molecule has 1 amide bonds. The van der Waals surface area contributed by atoms with Crippen molar-refractivity contribution in [3.8, 4) is 5.75 Å². The van der Waals surface area contributed by atoms with E-state index in [-0.39, 0.29) is 11.7 Å². The van der Waals surface area contributed by atoms with Crippen LogP contribution in [0.3, 0.4) is 0 Å². The van der Waals surface area contributed by atoms with E-state index in [1.165, 1.54) is 12.4 Å². The van der Waals surface area contributed by atoms with Gasteiger partial charge < -0.3 is 10.4 Å². The molecule has 1 aromatic heterocycles. The summed E-state index contributed by atoms with van der Waals surface area (Å²) in [7, 11) is 0. The molecule has 1 aromatic rings. The highest BCUT2D eigenvalue weighted by Crippen LogP contribution is 2.04. The highest BCUT2D eigenvalue weighted by Gasteiger charge is 2.01. The van der Waals surface area contributed by atoms with Gasteiger partial charge in [0.15, 0.2) is 5.75 Å². The van der Waals surface area contributed by atoms with Gasteiger partial charge in [-0.1, -0.05) is 6.92 Å². The lowest BCUT2D eigenvalue weighted by Gasteiger charge is -2.02. The molecule has 1 rings (SSSR count). The average molecular weight is 197 g/mol. The third-order valence-corrected chi connectivity index (χ3v) is 1.76. The first kappa shape index (κ1) is 10.6. The summed E-state index contributed by atoms with van der Waals surface area (Å²) in [5, 5.41) is 15.6. The molecular formula is C9H15N3O2. The van der Waals surface area contributed by atoms with Crippen molar-refractivity contribution in [3.63, 3.8) is 0 Å². The van der Waals surface area contributed by atoms with Gasteiger partial charge in [0.1, 0.15) is 0 Å². The predicted molar refractivity (Wildman–Crippen MR) is 51.8 cm³/mol. The molecule has 0 fully saturated rings. The summed E-state index contributed by atoms with van der Waals surface area (Å²) in [4.78, 5) is 11.2. The minimum atomic E-state index is 0.0156. The summed E-state index contributed by atoms with van der Waals surface area (Å²) < 4.78 is 1.54. The van der Waals surface area contributed by atoms with Crippen molar-refractivity contribution in [2.24, 2.45) is 0 Å². The Labute approximate surface area is 82.7 Å². The van der Waals surface area contributed by atoms with Gasteiger partial charge in [-0.3, -0.25) is 9.48 Å². The largest absolute Gasteiger partial charge is 0.505 e. The van der Waals surface area contributed by atoms with E-state index in [1.54, 1.807) is 4.68 Å². The second kappa shape index (κ2) is 5.26. The lowest BCUT2D eigenvalue weighted by Crippen LogP contribution is -2.25. The fourth-order valence-corrected chi connectivity index (χ4v) is 1.04. The molecule has 14 heavy (non-hydrogen) atoms. The SMILES string of the molecule is CCCNC(=O)CCn1cc(O)cn1. The second-order valence-electron chi connectivity index (χ2n) is 3.06. The minimum absolute atomic E-state index is 0.0156. The summed E-state index contributed by atoms with van der Waals surface area (Å²) in [6, 6.07) is 0. The predicted octanol–water partition coefficient (Wildman–Crippen LogP) is 0.505. The van der Waals surface area contributed by atoms with Gasteiger partial charge in [-0.05, 0) is 6.42 Å². The van der Waals surface area contributed by atoms with Crippen molar-refractivity contribution in [3.05, 3.63) is 12.4 Å². The van der Waals surface area contributed by atoms with Crippen LogP contribution < -0.4 is 5.32 Å². The maximum Gasteiger partial charge on any atom is 0.221 e. The molecule has 1 heterocycles. The van der Waals surface area contributed by atoms with E-state index < -0.39 is 0 Å². The Kier molecular flexibility index (Phi) is 3.97. The van der Waals surface area contributed by atoms with E-state index in [1.807, 2.05) is 6.92 Å². The molecule has 78 valence electrons. The number of aromatic hydroxyl groups is 1. The van der Waals surface area contributed by atoms with E-state index in [0.717, 1.165) is 6.42 Å². The molecule has 5 heteroatoms. The molecule has 0 saturated carbocycles. The van der Waals surface area contributed by atoms with Crippen LogP contribution in [0.2, 0.25) is 0 Å². The molecule has 0 unspecified atom stereocenters. The Morgan fingerprint density at radius 2 is 2.50 bits per heavy atom. The van der Waals surface area contributed by atoms with Gasteiger partial charge >= 0.3 is 0 Å². The number of aromatic nitrogens is 2. The van der Waals surface area contributed by atoms with Crippen LogP contribution in [-0.4, -0.2) is 27.3 Å². The van der Waals surface area contributed by atoms with Crippen molar-refractivity contribution >= 4 is 5.91 Å². The van der Waals surface area contributed by atoms with Gasteiger partial charge in [0.25, 0.3) is 0 Å². The number of nitrogens with zero attached hydrogens (tertiary/aromatic N) is 2. The van der Waals surface area contributed by atoms with Crippen molar-refractivity contribution in [2.75, 3.05) is 6.54 Å². The normalized spacial score (nSPS) is 10.1. The molecule has 5 nitrogen and oxygen atoms in total. The Morgan fingerprint density at radius 1 is 1.71 bits per heavy atom. The van der Waals surface area contributed by atoms with Crippen LogP contribution in [0.25, 0.3) is 0 Å². The third kappa shape index (κ3) is 3.47. The molecule has 0 radical (unpaired) electrons. The number of nitrogens with one attached hydrogen (secondary N) is 1. The Morgan fingerprint density at radius 3 is 3.07 bits per heavy atom. The fraction of sp³-hybridized carbons (Fsp3) is 0.556. The Balaban J connectivity index is 2.23. The molecule has 0 saturated heterocycles. The van der Waals surface area contributed by atoms with Crippen LogP contribution in [0.1, 0.15) is 19.8 Å². The first-order chi connectivity index (χ1) is 6.72. The van der Waals surface area contributed by atoms with Crippen LogP contribution in [0.5, 0.6) is 5.75 Å². The van der Waals surface area contributed by atoms with Gasteiger partial charge in [-0.2, -0.15) is 5.10 Å². The fourth-order valence-electron chi connectivity index (χ4n) is 1.04. The van der Waals surface area contributed by atoms with Gasteiger partial charge in [0.2, 0.25) is 5.91 Å². The number of carbonyl (C=O) groups excluding carboxylic acids is 1. The van der Waals surface area contributed by atoms with E-state index >= 15 is 0 Å². The van der Waals surface area contributed by atoms with Crippen LogP contribution in [0.4, 0.5) is 0 Å². The third-order valence-electron chi connectivity index (χ3n) is 1.76. The maximum absolute atomic E-state index is 11.2. The summed E-state index contributed by atoms with van der Waals surface area (Å²) >= 11 is 0. The van der Waals surface area contributed by atoms with Crippen LogP contribution in [0, 0.1) is 0 Å². The monoisotopic (exact) mass is 197 g/mol. The van der Waals surface area contributed by atoms with Crippen LogP contribution in [-0.2, 0) is 11.3 Å². The number of hydrogen-bond acceptors (Lipinski definition) is 3. The first-order valence-corrected chi connectivity index (χ1v) is 4.70. The summed E-state index contributed by atoms with van der Waals surface area (Å²) in [5.41, 5.74) is 0. The van der Waals surface area contributed by atoms with Gasteiger partial charge in [-0.15, -0.1) is 0 Å². The first-order valence-electron chi connectivity index (χ1n) is 4.70. The minimum Gasteiger partial charge on any atom is -0.505 e. The summed E-state index contributed by atoms with van der Waals surface area (Å²) in [6.45, 7) is 3.21. The van der Waals surface area contributed by atoms with Crippen LogP contribution in [0.15, 0.2) is 12.4 Å². The van der Waals surface area contributed by atoms with Crippen molar-refractivity contribution < 1.29 is 9.90 Å². The number of carbonyl (C=O) groups is 1. The van der Waals surface area contributed by atoms with E-state index in [4.69, 9.17) is 5.11 Å².